The fourth-order valence-electron chi connectivity index (χ4n) is 2.62. The molecule has 20 heavy (non-hydrogen) atoms. The van der Waals surface area contributed by atoms with E-state index in [0.29, 0.717) is 25.2 Å². The van der Waals surface area contributed by atoms with Gasteiger partial charge in [-0.2, -0.15) is 0 Å². The number of nitrogens with one attached hydrogen (secondary N) is 2. The van der Waals surface area contributed by atoms with Crippen LogP contribution in [0.3, 0.4) is 0 Å². The first kappa shape index (κ1) is 15.7. The molecule has 5 nitrogen and oxygen atoms in total. The van der Waals surface area contributed by atoms with Crippen molar-refractivity contribution in [3.8, 4) is 0 Å². The predicted octanol–water partition coefficient (Wildman–Crippen LogP) is 0.744. The summed E-state index contributed by atoms with van der Waals surface area (Å²) in [4.78, 5) is 14.1. The van der Waals surface area contributed by atoms with Crippen LogP contribution in [-0.4, -0.2) is 62.3 Å². The molecule has 2 N–H and O–H groups in total. The summed E-state index contributed by atoms with van der Waals surface area (Å²) in [6.07, 6.45) is 5.54. The molecule has 0 aromatic carbocycles. The average molecular weight is 283 g/mol. The van der Waals surface area contributed by atoms with Crippen molar-refractivity contribution in [3.05, 3.63) is 0 Å². The van der Waals surface area contributed by atoms with Crippen molar-refractivity contribution in [2.45, 2.75) is 57.2 Å². The molecule has 1 atom stereocenters. The van der Waals surface area contributed by atoms with Crippen LogP contribution in [0.25, 0.3) is 0 Å². The van der Waals surface area contributed by atoms with Crippen LogP contribution in [0.2, 0.25) is 0 Å². The second-order valence-electron chi connectivity index (χ2n) is 6.12. The summed E-state index contributed by atoms with van der Waals surface area (Å²) in [5, 5.41) is 6.32. The number of carbonyl (C=O) groups excluding carboxylic acids is 1. The second kappa shape index (κ2) is 7.96. The highest BCUT2D eigenvalue weighted by atomic mass is 16.5. The molecule has 2 fully saturated rings. The van der Waals surface area contributed by atoms with Crippen LogP contribution in [0.5, 0.6) is 0 Å². The average Bonchev–Trinajstić information content (AvgIpc) is 3.29. The molecule has 1 saturated carbocycles. The number of piperidine rings is 1. The Morgan fingerprint density at radius 2 is 2.05 bits per heavy atom. The first-order chi connectivity index (χ1) is 9.66. The molecule has 0 bridgehead atoms. The largest absolute Gasteiger partial charge is 0.378 e. The van der Waals surface area contributed by atoms with E-state index in [0.717, 1.165) is 38.5 Å². The third-order valence-corrected chi connectivity index (χ3v) is 4.38. The maximum atomic E-state index is 11.8. The maximum absolute atomic E-state index is 11.8. The summed E-state index contributed by atoms with van der Waals surface area (Å²) in [5.74, 6) is 0.106. The van der Waals surface area contributed by atoms with E-state index in [-0.39, 0.29) is 5.91 Å². The number of carbonyl (C=O) groups is 1. The van der Waals surface area contributed by atoms with E-state index in [1.54, 1.807) is 0 Å². The SMILES string of the molecule is CC(CNC(=O)CCOC1CCNCC1)N(C)C1CC1. The number of nitrogens with zero attached hydrogens (tertiary/aromatic N) is 1. The molecular formula is C15H29N3O2. The number of hydrogen-bond donors (Lipinski definition) is 2. The van der Waals surface area contributed by atoms with E-state index in [9.17, 15) is 4.79 Å². The fourth-order valence-corrected chi connectivity index (χ4v) is 2.62. The molecule has 1 amide bonds. The van der Waals surface area contributed by atoms with Gasteiger partial charge in [0, 0.05) is 25.0 Å². The van der Waals surface area contributed by atoms with Gasteiger partial charge in [-0.3, -0.25) is 9.69 Å². The number of rotatable bonds is 8. The zero-order valence-electron chi connectivity index (χ0n) is 12.9. The van der Waals surface area contributed by atoms with Crippen molar-refractivity contribution in [1.29, 1.82) is 0 Å². The molecule has 2 rings (SSSR count). The Morgan fingerprint density at radius 1 is 1.35 bits per heavy atom. The van der Waals surface area contributed by atoms with Gasteiger partial charge in [0.25, 0.3) is 0 Å². The zero-order valence-corrected chi connectivity index (χ0v) is 12.9. The summed E-state index contributed by atoms with van der Waals surface area (Å²) in [6.45, 7) is 5.51. The quantitative estimate of drug-likeness (QED) is 0.690. The van der Waals surface area contributed by atoms with E-state index in [4.69, 9.17) is 4.74 Å². The summed E-state index contributed by atoms with van der Waals surface area (Å²) >= 11 is 0. The van der Waals surface area contributed by atoms with E-state index in [1.807, 2.05) is 0 Å². The third kappa shape index (κ3) is 5.38. The first-order valence-corrected chi connectivity index (χ1v) is 7.97. The molecule has 2 aliphatic rings. The van der Waals surface area contributed by atoms with Crippen LogP contribution in [0.1, 0.15) is 39.0 Å². The van der Waals surface area contributed by atoms with Crippen molar-refractivity contribution >= 4 is 5.91 Å². The Hall–Kier alpha value is -0.650. The molecule has 1 aliphatic carbocycles. The van der Waals surface area contributed by atoms with Crippen molar-refractivity contribution in [1.82, 2.24) is 15.5 Å². The number of likely N-dealkylation sites (N-methyl/N-ethyl adjacent to an activating group) is 1. The van der Waals surface area contributed by atoms with Gasteiger partial charge >= 0.3 is 0 Å². The maximum Gasteiger partial charge on any atom is 0.222 e. The van der Waals surface area contributed by atoms with E-state index < -0.39 is 0 Å². The van der Waals surface area contributed by atoms with Gasteiger partial charge < -0.3 is 15.4 Å². The molecule has 0 aromatic rings. The van der Waals surface area contributed by atoms with Crippen LogP contribution in [0.15, 0.2) is 0 Å². The minimum Gasteiger partial charge on any atom is -0.378 e. The molecule has 0 aromatic heterocycles. The van der Waals surface area contributed by atoms with Crippen molar-refractivity contribution in [2.24, 2.45) is 0 Å². The molecule has 1 aliphatic heterocycles. The highest BCUT2D eigenvalue weighted by Gasteiger charge is 2.29. The van der Waals surface area contributed by atoms with E-state index in [2.05, 4.69) is 29.5 Å². The fraction of sp³-hybridized carbons (Fsp3) is 0.933. The molecular weight excluding hydrogens is 254 g/mol. The Labute approximate surface area is 122 Å². The van der Waals surface area contributed by atoms with Crippen LogP contribution in [-0.2, 0) is 9.53 Å². The lowest BCUT2D eigenvalue weighted by Crippen LogP contribution is -2.41. The molecule has 116 valence electrons. The minimum atomic E-state index is 0.106. The van der Waals surface area contributed by atoms with Gasteiger partial charge in [0.1, 0.15) is 0 Å². The highest BCUT2D eigenvalue weighted by molar-refractivity contribution is 5.75. The first-order valence-electron chi connectivity index (χ1n) is 7.97. The predicted molar refractivity (Wildman–Crippen MR) is 79.7 cm³/mol. The van der Waals surface area contributed by atoms with Crippen LogP contribution >= 0.6 is 0 Å². The smallest absolute Gasteiger partial charge is 0.222 e. The number of hydrogen-bond acceptors (Lipinski definition) is 4. The van der Waals surface area contributed by atoms with Crippen molar-refractivity contribution in [2.75, 3.05) is 33.3 Å². The Bertz CT molecular complexity index is 301. The molecule has 1 heterocycles. The molecule has 1 unspecified atom stereocenters. The van der Waals surface area contributed by atoms with Gasteiger partial charge in [-0.1, -0.05) is 0 Å². The summed E-state index contributed by atoms with van der Waals surface area (Å²) < 4.78 is 5.74. The van der Waals surface area contributed by atoms with Crippen molar-refractivity contribution < 1.29 is 9.53 Å². The van der Waals surface area contributed by atoms with E-state index in [1.165, 1.54) is 12.8 Å². The monoisotopic (exact) mass is 283 g/mol. The zero-order chi connectivity index (χ0) is 14.4. The Morgan fingerprint density at radius 3 is 2.70 bits per heavy atom. The summed E-state index contributed by atoms with van der Waals surface area (Å²) in [7, 11) is 2.15. The lowest BCUT2D eigenvalue weighted by atomic mass is 10.1. The normalized spacial score (nSPS) is 21.9. The third-order valence-electron chi connectivity index (χ3n) is 4.38. The Kier molecular flexibility index (Phi) is 6.26. The molecule has 0 radical (unpaired) electrons. The van der Waals surface area contributed by atoms with Gasteiger partial charge in [0.05, 0.1) is 12.7 Å². The van der Waals surface area contributed by atoms with Crippen molar-refractivity contribution in [3.63, 3.8) is 0 Å². The lowest BCUT2D eigenvalue weighted by molar-refractivity contribution is -0.123. The summed E-state index contributed by atoms with van der Waals surface area (Å²) in [6, 6.07) is 1.15. The van der Waals surface area contributed by atoms with Gasteiger partial charge in [-0.15, -0.1) is 0 Å². The standard InChI is InChI=1S/C15H29N3O2/c1-12(18(2)13-3-4-13)11-17-15(19)7-10-20-14-5-8-16-9-6-14/h12-14,16H,3-11H2,1-2H3,(H,17,19). The highest BCUT2D eigenvalue weighted by Crippen LogP contribution is 2.26. The molecule has 0 spiro atoms. The summed E-state index contributed by atoms with van der Waals surface area (Å²) in [5.41, 5.74) is 0. The van der Waals surface area contributed by atoms with Gasteiger partial charge in [0.2, 0.25) is 5.91 Å². The molecule has 5 heteroatoms. The van der Waals surface area contributed by atoms with Crippen LogP contribution in [0.4, 0.5) is 0 Å². The Balaban J connectivity index is 1.51. The number of amides is 1. The van der Waals surface area contributed by atoms with Gasteiger partial charge in [-0.05, 0) is 52.7 Å². The topological polar surface area (TPSA) is 53.6 Å². The minimum absolute atomic E-state index is 0.106. The molecule has 1 saturated heterocycles. The van der Waals surface area contributed by atoms with Gasteiger partial charge in [-0.25, -0.2) is 0 Å². The lowest BCUT2D eigenvalue weighted by Gasteiger charge is -2.25. The second-order valence-corrected chi connectivity index (χ2v) is 6.12. The van der Waals surface area contributed by atoms with Crippen LogP contribution < -0.4 is 10.6 Å². The van der Waals surface area contributed by atoms with Gasteiger partial charge in [0.15, 0.2) is 0 Å². The number of ether oxygens (including phenoxy) is 1. The van der Waals surface area contributed by atoms with E-state index >= 15 is 0 Å². The van der Waals surface area contributed by atoms with Crippen LogP contribution in [0, 0.1) is 0 Å².